The highest BCUT2D eigenvalue weighted by Crippen LogP contribution is 2.48. The average Bonchev–Trinajstić information content (AvgIpc) is 2.93. The Balaban J connectivity index is 1.85. The van der Waals surface area contributed by atoms with Crippen LogP contribution in [0.1, 0.15) is 44.4 Å². The molecule has 3 amide bonds. The van der Waals surface area contributed by atoms with Gasteiger partial charge in [0.05, 0.1) is 12.6 Å². The zero-order valence-corrected chi connectivity index (χ0v) is 19.8. The largest absolute Gasteiger partial charge is 0.465 e. The minimum atomic E-state index is -0.697. The van der Waals surface area contributed by atoms with E-state index < -0.39 is 29.3 Å². The van der Waals surface area contributed by atoms with Crippen LogP contribution in [0.4, 0.5) is 20.6 Å². The molecule has 2 N–H and O–H groups in total. The Bertz CT molecular complexity index is 1090. The number of halogens is 2. The third-order valence-corrected chi connectivity index (χ3v) is 5.80. The fourth-order valence-electron chi connectivity index (χ4n) is 4.15. The highest BCUT2D eigenvalue weighted by atomic mass is 35.5. The molecule has 7 nitrogen and oxygen atoms in total. The van der Waals surface area contributed by atoms with E-state index in [9.17, 15) is 18.8 Å². The van der Waals surface area contributed by atoms with E-state index in [1.807, 2.05) is 20.8 Å². The predicted octanol–water partition coefficient (Wildman–Crippen LogP) is 5.29. The van der Waals surface area contributed by atoms with Crippen LogP contribution >= 0.6 is 11.6 Å². The van der Waals surface area contributed by atoms with E-state index in [1.54, 1.807) is 25.1 Å². The van der Waals surface area contributed by atoms with Crippen LogP contribution in [0.25, 0.3) is 0 Å². The van der Waals surface area contributed by atoms with Gasteiger partial charge in [-0.25, -0.2) is 9.18 Å². The molecule has 1 heterocycles. The Labute approximate surface area is 197 Å². The summed E-state index contributed by atoms with van der Waals surface area (Å²) in [4.78, 5) is 38.6. The van der Waals surface area contributed by atoms with Crippen molar-refractivity contribution in [2.45, 2.75) is 40.2 Å². The lowest BCUT2D eigenvalue weighted by Gasteiger charge is -2.32. The number of hydrogen-bond donors (Lipinski definition) is 2. The van der Waals surface area contributed by atoms with Crippen LogP contribution in [0.15, 0.2) is 36.4 Å². The fourth-order valence-corrected chi connectivity index (χ4v) is 4.38. The summed E-state index contributed by atoms with van der Waals surface area (Å²) in [6.45, 7) is 7.09. The summed E-state index contributed by atoms with van der Waals surface area (Å²) < 4.78 is 19.9. The minimum absolute atomic E-state index is 0.157. The van der Waals surface area contributed by atoms with E-state index in [-0.39, 0.29) is 31.0 Å². The number of rotatable bonds is 6. The van der Waals surface area contributed by atoms with Gasteiger partial charge in [0.15, 0.2) is 0 Å². The molecule has 9 heteroatoms. The smallest absolute Gasteiger partial charge is 0.325 e. The molecule has 0 saturated carbocycles. The van der Waals surface area contributed by atoms with Gasteiger partial charge in [-0.05, 0) is 61.2 Å². The number of benzene rings is 2. The third kappa shape index (κ3) is 5.63. The molecule has 3 rings (SSSR count). The molecular formula is C24H27ClFN3O4. The number of aryl methyl sites for hydroxylation is 1. The highest BCUT2D eigenvalue weighted by Gasteiger charge is 2.48. The summed E-state index contributed by atoms with van der Waals surface area (Å²) in [5.41, 5.74) is 1.31. The molecule has 2 aromatic rings. The molecule has 2 aromatic carbocycles. The molecule has 1 aliphatic rings. The van der Waals surface area contributed by atoms with Crippen molar-refractivity contribution in [2.24, 2.45) is 5.41 Å². The molecule has 1 aliphatic heterocycles. The molecule has 1 atom stereocenters. The second-order valence-electron chi connectivity index (χ2n) is 8.67. The van der Waals surface area contributed by atoms with E-state index in [2.05, 4.69) is 10.6 Å². The van der Waals surface area contributed by atoms with Gasteiger partial charge in [0, 0.05) is 28.4 Å². The first kappa shape index (κ1) is 24.5. The van der Waals surface area contributed by atoms with Gasteiger partial charge in [-0.15, -0.1) is 0 Å². The second kappa shape index (κ2) is 9.79. The molecule has 33 heavy (non-hydrogen) atoms. The number of anilines is 2. The SMILES string of the molecule is CCOC(=O)CN1C(=O)CC(C)(C)[C@H]1c1cc(NC(=O)Nc2ccc(Cl)cc2C)ccc1F. The number of hydrogen-bond acceptors (Lipinski definition) is 4. The number of carbonyl (C=O) groups excluding carboxylic acids is 3. The van der Waals surface area contributed by atoms with Crippen molar-refractivity contribution in [3.8, 4) is 0 Å². The number of nitrogens with zero attached hydrogens (tertiary/aromatic N) is 1. The summed E-state index contributed by atoms with van der Waals surface area (Å²) in [6.07, 6.45) is 0.157. The Morgan fingerprint density at radius 2 is 1.94 bits per heavy atom. The first-order valence-corrected chi connectivity index (χ1v) is 11.0. The monoisotopic (exact) mass is 475 g/mol. The topological polar surface area (TPSA) is 87.7 Å². The van der Waals surface area contributed by atoms with Crippen molar-refractivity contribution in [3.63, 3.8) is 0 Å². The summed E-state index contributed by atoms with van der Waals surface area (Å²) in [7, 11) is 0. The van der Waals surface area contributed by atoms with Crippen molar-refractivity contribution < 1.29 is 23.5 Å². The zero-order chi connectivity index (χ0) is 24.3. The summed E-state index contributed by atoms with van der Waals surface area (Å²) in [6, 6.07) is 8.04. The number of nitrogens with one attached hydrogen (secondary N) is 2. The zero-order valence-electron chi connectivity index (χ0n) is 19.0. The van der Waals surface area contributed by atoms with Crippen molar-refractivity contribution in [3.05, 3.63) is 58.4 Å². The Kier molecular flexibility index (Phi) is 7.27. The van der Waals surface area contributed by atoms with Gasteiger partial charge in [0.2, 0.25) is 5.91 Å². The van der Waals surface area contributed by atoms with Crippen LogP contribution in [-0.4, -0.2) is 36.0 Å². The average molecular weight is 476 g/mol. The molecule has 1 fully saturated rings. The Hall–Kier alpha value is -3.13. The van der Waals surface area contributed by atoms with Crippen LogP contribution in [0.2, 0.25) is 5.02 Å². The molecule has 0 unspecified atom stereocenters. The molecule has 1 saturated heterocycles. The van der Waals surface area contributed by atoms with Gasteiger partial charge < -0.3 is 20.3 Å². The van der Waals surface area contributed by atoms with Crippen LogP contribution in [-0.2, 0) is 14.3 Å². The number of likely N-dealkylation sites (tertiary alicyclic amines) is 1. The highest BCUT2D eigenvalue weighted by molar-refractivity contribution is 6.30. The maximum Gasteiger partial charge on any atom is 0.325 e. The number of esters is 1. The van der Waals surface area contributed by atoms with Crippen molar-refractivity contribution in [2.75, 3.05) is 23.8 Å². The lowest BCUT2D eigenvalue weighted by Crippen LogP contribution is -2.36. The summed E-state index contributed by atoms with van der Waals surface area (Å²) >= 11 is 5.95. The molecule has 0 aromatic heterocycles. The van der Waals surface area contributed by atoms with Crippen LogP contribution in [0, 0.1) is 18.2 Å². The van der Waals surface area contributed by atoms with Crippen molar-refractivity contribution in [1.82, 2.24) is 4.90 Å². The van der Waals surface area contributed by atoms with E-state index in [0.29, 0.717) is 16.4 Å². The fraction of sp³-hybridized carbons (Fsp3) is 0.375. The quantitative estimate of drug-likeness (QED) is 0.555. The lowest BCUT2D eigenvalue weighted by atomic mass is 9.80. The normalized spacial score (nSPS) is 17.1. The minimum Gasteiger partial charge on any atom is -0.465 e. The summed E-state index contributed by atoms with van der Waals surface area (Å²) in [5.74, 6) is -1.34. The molecule has 176 valence electrons. The number of carbonyl (C=O) groups is 3. The molecular weight excluding hydrogens is 449 g/mol. The first-order chi connectivity index (χ1) is 15.5. The van der Waals surface area contributed by atoms with Crippen LogP contribution in [0.3, 0.4) is 0 Å². The van der Waals surface area contributed by atoms with Crippen LogP contribution in [0.5, 0.6) is 0 Å². The van der Waals surface area contributed by atoms with Gasteiger partial charge in [-0.1, -0.05) is 25.4 Å². The van der Waals surface area contributed by atoms with Gasteiger partial charge in [0.1, 0.15) is 12.4 Å². The van der Waals surface area contributed by atoms with E-state index in [0.717, 1.165) is 5.56 Å². The lowest BCUT2D eigenvalue weighted by molar-refractivity contribution is -0.148. The van der Waals surface area contributed by atoms with E-state index in [4.69, 9.17) is 16.3 Å². The number of urea groups is 1. The van der Waals surface area contributed by atoms with Gasteiger partial charge in [-0.2, -0.15) is 0 Å². The van der Waals surface area contributed by atoms with E-state index >= 15 is 0 Å². The molecule has 0 spiro atoms. The Morgan fingerprint density at radius 3 is 2.61 bits per heavy atom. The summed E-state index contributed by atoms with van der Waals surface area (Å²) in [5, 5.41) is 5.98. The molecule has 0 bridgehead atoms. The molecule has 0 aliphatic carbocycles. The maximum atomic E-state index is 14.9. The number of amides is 3. The molecule has 0 radical (unpaired) electrons. The van der Waals surface area contributed by atoms with Crippen LogP contribution < -0.4 is 10.6 Å². The maximum absolute atomic E-state index is 14.9. The third-order valence-electron chi connectivity index (χ3n) is 5.57. The number of ether oxygens (including phenoxy) is 1. The standard InChI is InChI=1S/C24H27ClFN3O4/c1-5-33-21(31)13-29-20(30)12-24(3,4)22(29)17-11-16(7-8-18(17)26)27-23(32)28-19-9-6-15(25)10-14(19)2/h6-11,22H,5,12-13H2,1-4H3,(H2,27,28,32)/t22-/m1/s1. The van der Waals surface area contributed by atoms with Crippen molar-refractivity contribution >= 4 is 40.9 Å². The van der Waals surface area contributed by atoms with E-state index in [1.165, 1.54) is 23.1 Å². The predicted molar refractivity (Wildman–Crippen MR) is 125 cm³/mol. The second-order valence-corrected chi connectivity index (χ2v) is 9.11. The Morgan fingerprint density at radius 1 is 1.21 bits per heavy atom. The van der Waals surface area contributed by atoms with Gasteiger partial charge in [-0.3, -0.25) is 9.59 Å². The van der Waals surface area contributed by atoms with Gasteiger partial charge >= 0.3 is 12.0 Å². The van der Waals surface area contributed by atoms with Crippen molar-refractivity contribution in [1.29, 1.82) is 0 Å². The first-order valence-electron chi connectivity index (χ1n) is 10.6. The van der Waals surface area contributed by atoms with Gasteiger partial charge in [0.25, 0.3) is 0 Å².